The van der Waals surface area contributed by atoms with E-state index in [9.17, 15) is 24.5 Å². The summed E-state index contributed by atoms with van der Waals surface area (Å²) in [7, 11) is 0. The highest BCUT2D eigenvalue weighted by molar-refractivity contribution is 8.18. The minimum Gasteiger partial charge on any atom is -0.462 e. The van der Waals surface area contributed by atoms with Gasteiger partial charge in [0, 0.05) is 23.5 Å². The highest BCUT2D eigenvalue weighted by Crippen LogP contribution is 2.32. The summed E-state index contributed by atoms with van der Waals surface area (Å²) in [4.78, 5) is 48.4. The summed E-state index contributed by atoms with van der Waals surface area (Å²) in [6.07, 6.45) is 2.92. The summed E-state index contributed by atoms with van der Waals surface area (Å²) in [6, 6.07) is 9.88. The fourth-order valence-electron chi connectivity index (χ4n) is 2.91. The Bertz CT molecular complexity index is 1040. The van der Waals surface area contributed by atoms with E-state index < -0.39 is 28.6 Å². The third kappa shape index (κ3) is 4.77. The van der Waals surface area contributed by atoms with Gasteiger partial charge in [-0.05, 0) is 43.8 Å². The SMILES string of the molecule is CC(C)OC(=O)CN1C(=O)S/C(=C/c2cccn2Cc2ccccc2[N+](=O)[O-])C1=O. The molecule has 2 amide bonds. The molecular formula is C20H19N3O6S. The van der Waals surface area contributed by atoms with E-state index in [1.165, 1.54) is 12.1 Å². The van der Waals surface area contributed by atoms with Crippen LogP contribution in [0.4, 0.5) is 10.5 Å². The number of hydrogen-bond donors (Lipinski definition) is 0. The molecule has 1 fully saturated rings. The normalized spacial score (nSPS) is 15.3. The average molecular weight is 429 g/mol. The molecule has 1 aliphatic heterocycles. The number of hydrogen-bond acceptors (Lipinski definition) is 7. The Balaban J connectivity index is 1.80. The number of aromatic nitrogens is 1. The number of amides is 2. The van der Waals surface area contributed by atoms with Gasteiger partial charge in [0.25, 0.3) is 16.8 Å². The van der Waals surface area contributed by atoms with Crippen LogP contribution >= 0.6 is 11.8 Å². The van der Waals surface area contributed by atoms with Gasteiger partial charge < -0.3 is 9.30 Å². The standard InChI is InChI=1S/C20H19N3O6S/c1-13(2)29-18(24)12-22-19(25)17(30-20(22)26)10-15-7-5-9-21(15)11-14-6-3-4-8-16(14)23(27)28/h3-10,13H,11-12H2,1-2H3/b17-10+. The number of nitrogens with zero attached hydrogens (tertiary/aromatic N) is 3. The molecule has 0 radical (unpaired) electrons. The molecule has 10 heteroatoms. The number of carbonyl (C=O) groups excluding carboxylic acids is 3. The fourth-order valence-corrected chi connectivity index (χ4v) is 3.73. The molecule has 2 aromatic rings. The van der Waals surface area contributed by atoms with Gasteiger partial charge in [0.05, 0.1) is 22.5 Å². The van der Waals surface area contributed by atoms with Crippen LogP contribution in [0.2, 0.25) is 0 Å². The number of imide groups is 1. The number of esters is 1. The van der Waals surface area contributed by atoms with E-state index in [-0.39, 0.29) is 23.2 Å². The lowest BCUT2D eigenvalue weighted by molar-refractivity contribution is -0.385. The van der Waals surface area contributed by atoms with E-state index in [4.69, 9.17) is 4.74 Å². The average Bonchev–Trinajstić information content (AvgIpc) is 3.21. The molecule has 0 bridgehead atoms. The maximum Gasteiger partial charge on any atom is 0.326 e. The van der Waals surface area contributed by atoms with E-state index in [2.05, 4.69) is 0 Å². The monoisotopic (exact) mass is 429 g/mol. The van der Waals surface area contributed by atoms with Crippen LogP contribution in [-0.4, -0.2) is 44.2 Å². The number of nitro benzene ring substituents is 1. The van der Waals surface area contributed by atoms with Crippen molar-refractivity contribution in [2.75, 3.05) is 6.54 Å². The van der Waals surface area contributed by atoms with Gasteiger partial charge in [-0.25, -0.2) is 0 Å². The van der Waals surface area contributed by atoms with Crippen molar-refractivity contribution in [3.8, 4) is 0 Å². The quantitative estimate of drug-likeness (QED) is 0.287. The predicted octanol–water partition coefficient (Wildman–Crippen LogP) is 3.43. The summed E-state index contributed by atoms with van der Waals surface area (Å²) < 4.78 is 6.73. The molecule has 2 heterocycles. The molecule has 0 atom stereocenters. The third-order valence-electron chi connectivity index (χ3n) is 4.20. The number of nitro groups is 1. The lowest BCUT2D eigenvalue weighted by atomic mass is 10.2. The molecule has 9 nitrogen and oxygen atoms in total. The predicted molar refractivity (Wildman–Crippen MR) is 111 cm³/mol. The molecule has 0 unspecified atom stereocenters. The van der Waals surface area contributed by atoms with Crippen LogP contribution in [-0.2, 0) is 20.9 Å². The van der Waals surface area contributed by atoms with Gasteiger partial charge in [0.2, 0.25) is 0 Å². The first-order valence-electron chi connectivity index (χ1n) is 9.08. The van der Waals surface area contributed by atoms with Crippen LogP contribution in [0.25, 0.3) is 6.08 Å². The first-order chi connectivity index (χ1) is 14.3. The van der Waals surface area contributed by atoms with Crippen LogP contribution in [0.3, 0.4) is 0 Å². The van der Waals surface area contributed by atoms with Gasteiger partial charge in [-0.3, -0.25) is 29.4 Å². The second-order valence-corrected chi connectivity index (χ2v) is 7.75. The van der Waals surface area contributed by atoms with Crippen molar-refractivity contribution >= 4 is 40.6 Å². The Kier molecular flexibility index (Phi) is 6.36. The van der Waals surface area contributed by atoms with Crippen LogP contribution in [0, 0.1) is 10.1 Å². The topological polar surface area (TPSA) is 112 Å². The van der Waals surface area contributed by atoms with Crippen molar-refractivity contribution in [2.24, 2.45) is 0 Å². The largest absolute Gasteiger partial charge is 0.462 e. The van der Waals surface area contributed by atoms with E-state index in [1.807, 2.05) is 0 Å². The molecule has 30 heavy (non-hydrogen) atoms. The van der Waals surface area contributed by atoms with E-state index >= 15 is 0 Å². The summed E-state index contributed by atoms with van der Waals surface area (Å²) in [5.74, 6) is -1.24. The van der Waals surface area contributed by atoms with Crippen LogP contribution in [0.5, 0.6) is 0 Å². The van der Waals surface area contributed by atoms with Crippen LogP contribution in [0.15, 0.2) is 47.5 Å². The summed E-state index contributed by atoms with van der Waals surface area (Å²) in [5, 5.41) is 10.7. The van der Waals surface area contributed by atoms with Crippen molar-refractivity contribution in [3.05, 3.63) is 68.9 Å². The molecule has 0 N–H and O–H groups in total. The van der Waals surface area contributed by atoms with Gasteiger partial charge in [0.1, 0.15) is 6.54 Å². The van der Waals surface area contributed by atoms with Gasteiger partial charge in [-0.2, -0.15) is 0 Å². The highest BCUT2D eigenvalue weighted by atomic mass is 32.2. The molecule has 0 saturated carbocycles. The van der Waals surface area contributed by atoms with Crippen LogP contribution in [0.1, 0.15) is 25.1 Å². The fraction of sp³-hybridized carbons (Fsp3) is 0.250. The molecule has 3 rings (SSSR count). The Hall–Kier alpha value is -3.40. The zero-order valence-electron chi connectivity index (χ0n) is 16.3. The van der Waals surface area contributed by atoms with Gasteiger partial charge in [-0.1, -0.05) is 18.2 Å². The highest BCUT2D eigenvalue weighted by Gasteiger charge is 2.37. The molecule has 0 aliphatic carbocycles. The minimum absolute atomic E-state index is 0.00105. The van der Waals surface area contributed by atoms with E-state index in [0.29, 0.717) is 11.3 Å². The number of carbonyl (C=O) groups is 3. The van der Waals surface area contributed by atoms with E-state index in [1.54, 1.807) is 54.9 Å². The van der Waals surface area contributed by atoms with Gasteiger partial charge in [-0.15, -0.1) is 0 Å². The minimum atomic E-state index is -0.659. The Labute approximate surface area is 176 Å². The summed E-state index contributed by atoms with van der Waals surface area (Å²) in [6.45, 7) is 3.13. The summed E-state index contributed by atoms with van der Waals surface area (Å²) in [5.41, 5.74) is 1.11. The number of benzene rings is 1. The second-order valence-electron chi connectivity index (χ2n) is 6.75. The van der Waals surface area contributed by atoms with Crippen molar-refractivity contribution in [3.63, 3.8) is 0 Å². The number of para-hydroxylation sites is 1. The van der Waals surface area contributed by atoms with E-state index in [0.717, 1.165) is 16.7 Å². The maximum absolute atomic E-state index is 12.6. The first-order valence-corrected chi connectivity index (χ1v) is 9.90. The Morgan fingerprint density at radius 1 is 1.23 bits per heavy atom. The lowest BCUT2D eigenvalue weighted by Crippen LogP contribution is -2.35. The van der Waals surface area contributed by atoms with Crippen molar-refractivity contribution in [1.29, 1.82) is 0 Å². The third-order valence-corrected chi connectivity index (χ3v) is 5.11. The Morgan fingerprint density at radius 2 is 1.97 bits per heavy atom. The smallest absolute Gasteiger partial charge is 0.326 e. The second kappa shape index (κ2) is 8.95. The molecule has 1 saturated heterocycles. The molecule has 1 aromatic carbocycles. The number of thioether (sulfide) groups is 1. The van der Waals surface area contributed by atoms with Crippen LogP contribution < -0.4 is 0 Å². The molecule has 1 aliphatic rings. The first kappa shape index (κ1) is 21.3. The molecule has 156 valence electrons. The van der Waals surface area contributed by atoms with Gasteiger partial charge in [0.15, 0.2) is 0 Å². The lowest BCUT2D eigenvalue weighted by Gasteiger charge is -2.13. The summed E-state index contributed by atoms with van der Waals surface area (Å²) >= 11 is 0.733. The zero-order chi connectivity index (χ0) is 21.8. The molecule has 1 aromatic heterocycles. The maximum atomic E-state index is 12.6. The Morgan fingerprint density at radius 3 is 2.67 bits per heavy atom. The number of rotatable bonds is 7. The van der Waals surface area contributed by atoms with Crippen molar-refractivity contribution < 1.29 is 24.0 Å². The zero-order valence-corrected chi connectivity index (χ0v) is 17.1. The van der Waals surface area contributed by atoms with Crippen molar-refractivity contribution in [2.45, 2.75) is 26.5 Å². The van der Waals surface area contributed by atoms with Gasteiger partial charge >= 0.3 is 5.97 Å². The number of ether oxygens (including phenoxy) is 1. The molecule has 0 spiro atoms. The van der Waals surface area contributed by atoms with Crippen molar-refractivity contribution in [1.82, 2.24) is 9.47 Å². The molecular weight excluding hydrogens is 410 g/mol.